The van der Waals surface area contributed by atoms with Crippen LogP contribution in [0.2, 0.25) is 0 Å². The van der Waals surface area contributed by atoms with E-state index in [9.17, 15) is 16.8 Å². The predicted molar refractivity (Wildman–Crippen MR) is 77.7 cm³/mol. The molecule has 0 spiro atoms. The highest BCUT2D eigenvalue weighted by Crippen LogP contribution is 2.21. The number of benzene rings is 1. The fourth-order valence-corrected chi connectivity index (χ4v) is 4.04. The Morgan fingerprint density at radius 2 is 1.85 bits per heavy atom. The monoisotopic (exact) mass is 322 g/mol. The standard InChI is InChI=1S/C11H18N2O5S2/c1-18-11-4-3-9(7-10(11)12)8-13-20(16,17)6-5-19(2,14)15/h3-4,7,13H,5-6,8,12H2,1-2H3. The van der Waals surface area contributed by atoms with Crippen LogP contribution in [0.1, 0.15) is 5.56 Å². The van der Waals surface area contributed by atoms with Gasteiger partial charge in [0.05, 0.1) is 24.3 Å². The molecule has 0 aliphatic rings. The lowest BCUT2D eigenvalue weighted by Gasteiger charge is -2.09. The Bertz CT molecular complexity index is 668. The highest BCUT2D eigenvalue weighted by atomic mass is 32.2. The number of methoxy groups -OCH3 is 1. The Labute approximate surface area is 119 Å². The summed E-state index contributed by atoms with van der Waals surface area (Å²) >= 11 is 0. The van der Waals surface area contributed by atoms with Crippen LogP contribution in [-0.4, -0.2) is 41.7 Å². The van der Waals surface area contributed by atoms with Gasteiger partial charge in [0.1, 0.15) is 15.6 Å². The minimum absolute atomic E-state index is 0.0420. The number of sulfone groups is 1. The van der Waals surface area contributed by atoms with Crippen molar-refractivity contribution in [3.8, 4) is 5.75 Å². The molecule has 0 saturated heterocycles. The number of sulfonamides is 1. The lowest BCUT2D eigenvalue weighted by atomic mass is 10.2. The average molecular weight is 322 g/mol. The smallest absolute Gasteiger partial charge is 0.212 e. The summed E-state index contributed by atoms with van der Waals surface area (Å²) in [5, 5.41) is 0. The van der Waals surface area contributed by atoms with Crippen molar-refractivity contribution in [3.05, 3.63) is 23.8 Å². The molecule has 0 saturated carbocycles. The van der Waals surface area contributed by atoms with Gasteiger partial charge in [-0.2, -0.15) is 0 Å². The van der Waals surface area contributed by atoms with Crippen LogP contribution in [0.25, 0.3) is 0 Å². The van der Waals surface area contributed by atoms with Gasteiger partial charge >= 0.3 is 0 Å². The molecule has 0 fully saturated rings. The van der Waals surface area contributed by atoms with Crippen molar-refractivity contribution in [2.45, 2.75) is 6.54 Å². The van der Waals surface area contributed by atoms with E-state index in [-0.39, 0.29) is 6.54 Å². The van der Waals surface area contributed by atoms with Crippen molar-refractivity contribution >= 4 is 25.5 Å². The van der Waals surface area contributed by atoms with E-state index in [1.165, 1.54) is 7.11 Å². The van der Waals surface area contributed by atoms with Gasteiger partial charge in [0.25, 0.3) is 0 Å². The summed E-state index contributed by atoms with van der Waals surface area (Å²) in [5.74, 6) is -0.362. The van der Waals surface area contributed by atoms with Crippen molar-refractivity contribution in [2.24, 2.45) is 0 Å². The highest BCUT2D eigenvalue weighted by Gasteiger charge is 2.14. The van der Waals surface area contributed by atoms with Gasteiger partial charge in [0, 0.05) is 12.8 Å². The van der Waals surface area contributed by atoms with E-state index < -0.39 is 31.4 Å². The maximum Gasteiger partial charge on any atom is 0.212 e. The molecule has 3 N–H and O–H groups in total. The van der Waals surface area contributed by atoms with Gasteiger partial charge in [0.15, 0.2) is 0 Å². The first kappa shape index (κ1) is 16.7. The van der Waals surface area contributed by atoms with Crippen LogP contribution >= 0.6 is 0 Å². The minimum atomic E-state index is -3.64. The van der Waals surface area contributed by atoms with E-state index >= 15 is 0 Å². The first-order valence-electron chi connectivity index (χ1n) is 5.70. The number of rotatable bonds is 7. The summed E-state index contributed by atoms with van der Waals surface area (Å²) in [6, 6.07) is 4.90. The van der Waals surface area contributed by atoms with E-state index in [4.69, 9.17) is 10.5 Å². The lowest BCUT2D eigenvalue weighted by Crippen LogP contribution is -2.29. The maximum atomic E-state index is 11.6. The zero-order valence-corrected chi connectivity index (χ0v) is 12.9. The molecule has 1 aromatic rings. The number of nitrogen functional groups attached to an aromatic ring is 1. The molecule has 0 aliphatic heterocycles. The van der Waals surface area contributed by atoms with Crippen LogP contribution in [0.4, 0.5) is 5.69 Å². The fraction of sp³-hybridized carbons (Fsp3) is 0.455. The predicted octanol–water partition coefficient (Wildman–Crippen LogP) is -0.259. The molecule has 1 aromatic carbocycles. The molecule has 7 nitrogen and oxygen atoms in total. The molecule has 0 unspecified atom stereocenters. The Hall–Kier alpha value is -1.32. The van der Waals surface area contributed by atoms with Crippen molar-refractivity contribution in [3.63, 3.8) is 0 Å². The number of ether oxygens (including phenoxy) is 1. The number of hydrogen-bond acceptors (Lipinski definition) is 6. The van der Waals surface area contributed by atoms with E-state index in [0.29, 0.717) is 17.0 Å². The third-order valence-corrected chi connectivity index (χ3v) is 5.04. The van der Waals surface area contributed by atoms with Crippen LogP contribution < -0.4 is 15.2 Å². The maximum absolute atomic E-state index is 11.6. The fourth-order valence-electron chi connectivity index (χ4n) is 1.42. The minimum Gasteiger partial charge on any atom is -0.495 e. The summed E-state index contributed by atoms with van der Waals surface area (Å²) in [5.41, 5.74) is 6.77. The average Bonchev–Trinajstić information content (AvgIpc) is 2.34. The first-order chi connectivity index (χ1) is 9.13. The van der Waals surface area contributed by atoms with Crippen LogP contribution in [-0.2, 0) is 26.4 Å². The van der Waals surface area contributed by atoms with Crippen molar-refractivity contribution in [1.29, 1.82) is 0 Å². The molecule has 0 bridgehead atoms. The van der Waals surface area contributed by atoms with Gasteiger partial charge < -0.3 is 10.5 Å². The third-order valence-electron chi connectivity index (χ3n) is 2.51. The molecule has 114 valence electrons. The van der Waals surface area contributed by atoms with Gasteiger partial charge in [0.2, 0.25) is 10.0 Å². The second kappa shape index (κ2) is 6.42. The van der Waals surface area contributed by atoms with Gasteiger partial charge in [-0.3, -0.25) is 0 Å². The van der Waals surface area contributed by atoms with E-state index in [1.54, 1.807) is 18.2 Å². The normalized spacial score (nSPS) is 12.3. The van der Waals surface area contributed by atoms with Crippen molar-refractivity contribution in [1.82, 2.24) is 4.72 Å². The second-order valence-corrected chi connectivity index (χ2v) is 8.53. The summed E-state index contributed by atoms with van der Waals surface area (Å²) in [6.45, 7) is 0.0420. The van der Waals surface area contributed by atoms with Crippen LogP contribution in [0.3, 0.4) is 0 Å². The SMILES string of the molecule is COc1ccc(CNS(=O)(=O)CCS(C)(=O)=O)cc1N. The molecule has 20 heavy (non-hydrogen) atoms. The van der Waals surface area contributed by atoms with Gasteiger partial charge in [-0.25, -0.2) is 21.6 Å². The summed E-state index contributed by atoms with van der Waals surface area (Å²) < 4.78 is 52.5. The third kappa shape index (κ3) is 5.76. The topological polar surface area (TPSA) is 116 Å². The molecule has 0 aromatic heterocycles. The van der Waals surface area contributed by atoms with E-state index in [0.717, 1.165) is 6.26 Å². The number of nitrogens with one attached hydrogen (secondary N) is 1. The van der Waals surface area contributed by atoms with Gasteiger partial charge in [-0.15, -0.1) is 0 Å². The molecule has 0 atom stereocenters. The molecule has 9 heteroatoms. The summed E-state index contributed by atoms with van der Waals surface area (Å²) in [4.78, 5) is 0. The van der Waals surface area contributed by atoms with Crippen molar-refractivity contribution in [2.75, 3.05) is 30.6 Å². The zero-order valence-electron chi connectivity index (χ0n) is 11.3. The second-order valence-electron chi connectivity index (χ2n) is 4.35. The highest BCUT2D eigenvalue weighted by molar-refractivity contribution is 7.93. The Morgan fingerprint density at radius 1 is 1.20 bits per heavy atom. The lowest BCUT2D eigenvalue weighted by molar-refractivity contribution is 0.417. The van der Waals surface area contributed by atoms with E-state index in [1.807, 2.05) is 0 Å². The molecular weight excluding hydrogens is 304 g/mol. The number of hydrogen-bond donors (Lipinski definition) is 2. The molecule has 0 amide bonds. The van der Waals surface area contributed by atoms with Gasteiger partial charge in [-0.1, -0.05) is 6.07 Å². The Morgan fingerprint density at radius 3 is 2.35 bits per heavy atom. The Kier molecular flexibility index (Phi) is 5.37. The molecule has 1 rings (SSSR count). The van der Waals surface area contributed by atoms with Gasteiger partial charge in [-0.05, 0) is 17.7 Å². The number of nitrogens with two attached hydrogens (primary N) is 1. The zero-order chi connectivity index (χ0) is 15.4. The summed E-state index contributed by atoms with van der Waals surface area (Å²) in [7, 11) is -5.47. The quantitative estimate of drug-likeness (QED) is 0.668. The number of anilines is 1. The molecule has 0 aliphatic carbocycles. The van der Waals surface area contributed by atoms with Crippen LogP contribution in [0, 0.1) is 0 Å². The van der Waals surface area contributed by atoms with E-state index in [2.05, 4.69) is 4.72 Å². The first-order valence-corrected chi connectivity index (χ1v) is 9.42. The molecular formula is C11H18N2O5S2. The van der Waals surface area contributed by atoms with Crippen LogP contribution in [0.5, 0.6) is 5.75 Å². The van der Waals surface area contributed by atoms with Crippen LogP contribution in [0.15, 0.2) is 18.2 Å². The Balaban J connectivity index is 2.64. The van der Waals surface area contributed by atoms with Crippen molar-refractivity contribution < 1.29 is 21.6 Å². The molecule has 0 heterocycles. The molecule has 0 radical (unpaired) electrons. The largest absolute Gasteiger partial charge is 0.495 e. The summed E-state index contributed by atoms with van der Waals surface area (Å²) in [6.07, 6.45) is 0.993.